The van der Waals surface area contributed by atoms with E-state index in [0.717, 1.165) is 43.8 Å². The molecule has 1 aliphatic heterocycles. The lowest BCUT2D eigenvalue weighted by Gasteiger charge is -2.26. The Balaban J connectivity index is 1.59. The van der Waals surface area contributed by atoms with E-state index in [1.807, 2.05) is 39.0 Å². The molecule has 2 N–H and O–H groups in total. The van der Waals surface area contributed by atoms with Crippen LogP contribution in [0.1, 0.15) is 50.5 Å². The molecule has 3 aromatic carbocycles. The average molecular weight is 592 g/mol. The lowest BCUT2D eigenvalue weighted by molar-refractivity contribution is -0.112. The zero-order chi connectivity index (χ0) is 31.1. The molecule has 0 saturated carbocycles. The number of ether oxygens (including phenoxy) is 4. The number of carbonyl (C=O) groups is 3. The van der Waals surface area contributed by atoms with Crippen LogP contribution in [-0.4, -0.2) is 75.4 Å². The van der Waals surface area contributed by atoms with Crippen LogP contribution in [0.25, 0.3) is 10.8 Å². The highest BCUT2D eigenvalue weighted by atomic mass is 16.6. The van der Waals surface area contributed by atoms with E-state index in [9.17, 15) is 14.4 Å². The van der Waals surface area contributed by atoms with E-state index in [0.29, 0.717) is 23.4 Å². The van der Waals surface area contributed by atoms with Crippen molar-refractivity contribution in [3.63, 3.8) is 0 Å². The Hall–Kier alpha value is -4.15. The maximum absolute atomic E-state index is 13.6. The van der Waals surface area contributed by atoms with Crippen LogP contribution < -0.4 is 20.1 Å². The summed E-state index contributed by atoms with van der Waals surface area (Å²) in [5, 5.41) is 6.78. The molecule has 0 spiro atoms. The van der Waals surface area contributed by atoms with Gasteiger partial charge in [0.1, 0.15) is 12.4 Å². The number of ketones is 1. The second-order valence-corrected chi connectivity index (χ2v) is 11.7. The number of amides is 2. The molecule has 4 rings (SSSR count). The predicted octanol–water partition coefficient (Wildman–Crippen LogP) is 5.64. The molecule has 0 atom stereocenters. The zero-order valence-corrected chi connectivity index (χ0v) is 25.7. The van der Waals surface area contributed by atoms with Crippen molar-refractivity contribution < 1.29 is 33.3 Å². The standard InChI is InChI=1S/C33H41N3O7/c1-21(2)43-32(39)35-27-20-22(33(3,4)5)19-26(30(27)40-6)34-31(38)29(37)25-11-12-28(24-10-8-7-9-23(24)25)42-18-15-36-13-16-41-17-14-36/h7-12,19-21H,13-18H2,1-6H3,(H,34,38)(H,35,39). The highest BCUT2D eigenvalue weighted by Crippen LogP contribution is 2.39. The number of Topliss-reactive ketones (excluding diaryl/α,β-unsaturated/α-hetero) is 1. The molecule has 0 aromatic heterocycles. The van der Waals surface area contributed by atoms with Crippen LogP contribution in [0.4, 0.5) is 16.2 Å². The second kappa shape index (κ2) is 13.9. The molecule has 230 valence electrons. The molecular formula is C33H41N3O7. The van der Waals surface area contributed by atoms with Crippen molar-refractivity contribution in [1.29, 1.82) is 0 Å². The number of morpholine rings is 1. The Morgan fingerprint density at radius 2 is 1.60 bits per heavy atom. The van der Waals surface area contributed by atoms with Crippen LogP contribution in [0, 0.1) is 0 Å². The number of nitrogens with one attached hydrogen (secondary N) is 2. The van der Waals surface area contributed by atoms with Crippen molar-refractivity contribution in [2.75, 3.05) is 57.2 Å². The van der Waals surface area contributed by atoms with Crippen LogP contribution in [0.5, 0.6) is 11.5 Å². The fraction of sp³-hybridized carbons (Fsp3) is 0.424. The van der Waals surface area contributed by atoms with Crippen LogP contribution in [0.2, 0.25) is 0 Å². The third kappa shape index (κ3) is 8.03. The Kier molecular flexibility index (Phi) is 10.3. The summed E-state index contributed by atoms with van der Waals surface area (Å²) in [5.41, 5.74) is 1.27. The van der Waals surface area contributed by atoms with Crippen molar-refractivity contribution in [3.8, 4) is 11.5 Å². The molecule has 0 bridgehead atoms. The van der Waals surface area contributed by atoms with E-state index in [1.165, 1.54) is 7.11 Å². The minimum Gasteiger partial charge on any atom is -0.492 e. The molecule has 1 heterocycles. The van der Waals surface area contributed by atoms with E-state index < -0.39 is 17.8 Å². The minimum absolute atomic E-state index is 0.198. The fourth-order valence-electron chi connectivity index (χ4n) is 4.83. The summed E-state index contributed by atoms with van der Waals surface area (Å²) < 4.78 is 22.3. The first-order valence-corrected chi connectivity index (χ1v) is 14.5. The molecule has 0 aliphatic carbocycles. The van der Waals surface area contributed by atoms with E-state index in [4.69, 9.17) is 18.9 Å². The van der Waals surface area contributed by atoms with Crippen LogP contribution >= 0.6 is 0 Å². The van der Waals surface area contributed by atoms with Gasteiger partial charge in [-0.3, -0.25) is 19.8 Å². The summed E-state index contributed by atoms with van der Waals surface area (Å²) in [6.07, 6.45) is -0.989. The van der Waals surface area contributed by atoms with Gasteiger partial charge in [-0.05, 0) is 54.5 Å². The quantitative estimate of drug-likeness (QED) is 0.230. The zero-order valence-electron chi connectivity index (χ0n) is 25.7. The summed E-state index contributed by atoms with van der Waals surface area (Å²) in [4.78, 5) is 41.7. The SMILES string of the molecule is COc1c(NC(=O)OC(C)C)cc(C(C)(C)C)cc1NC(=O)C(=O)c1ccc(OCCN2CCOCC2)c2ccccc12. The van der Waals surface area contributed by atoms with Gasteiger partial charge < -0.3 is 24.3 Å². The Morgan fingerprint density at radius 3 is 2.23 bits per heavy atom. The molecule has 2 amide bonds. The number of rotatable bonds is 10. The van der Waals surface area contributed by atoms with Crippen molar-refractivity contribution in [1.82, 2.24) is 4.90 Å². The lowest BCUT2D eigenvalue weighted by atomic mass is 9.86. The average Bonchev–Trinajstić information content (AvgIpc) is 2.96. The number of methoxy groups -OCH3 is 1. The molecule has 3 aromatic rings. The van der Waals surface area contributed by atoms with Crippen LogP contribution in [0.15, 0.2) is 48.5 Å². The summed E-state index contributed by atoms with van der Waals surface area (Å²) in [6.45, 7) is 13.9. The Morgan fingerprint density at radius 1 is 0.953 bits per heavy atom. The van der Waals surface area contributed by atoms with Gasteiger partial charge in [0.25, 0.3) is 11.7 Å². The summed E-state index contributed by atoms with van der Waals surface area (Å²) in [5.74, 6) is -0.715. The molecule has 43 heavy (non-hydrogen) atoms. The summed E-state index contributed by atoms with van der Waals surface area (Å²) in [7, 11) is 1.42. The summed E-state index contributed by atoms with van der Waals surface area (Å²) >= 11 is 0. The second-order valence-electron chi connectivity index (χ2n) is 11.7. The highest BCUT2D eigenvalue weighted by Gasteiger charge is 2.25. The van der Waals surface area contributed by atoms with Gasteiger partial charge in [-0.25, -0.2) is 4.79 Å². The first-order valence-electron chi connectivity index (χ1n) is 14.5. The number of carbonyl (C=O) groups excluding carboxylic acids is 3. The van der Waals surface area contributed by atoms with Gasteiger partial charge in [-0.2, -0.15) is 0 Å². The first kappa shape index (κ1) is 31.8. The van der Waals surface area contributed by atoms with Crippen molar-refractivity contribution in [2.45, 2.75) is 46.1 Å². The number of anilines is 2. The van der Waals surface area contributed by atoms with Gasteiger partial charge in [0, 0.05) is 30.6 Å². The maximum atomic E-state index is 13.6. The molecule has 10 heteroatoms. The highest BCUT2D eigenvalue weighted by molar-refractivity contribution is 6.48. The molecule has 10 nitrogen and oxygen atoms in total. The topological polar surface area (TPSA) is 115 Å². The molecule has 1 aliphatic rings. The van der Waals surface area contributed by atoms with Crippen LogP contribution in [0.3, 0.4) is 0 Å². The number of hydrogen-bond donors (Lipinski definition) is 2. The van der Waals surface area contributed by atoms with Crippen molar-refractivity contribution >= 4 is 39.9 Å². The van der Waals surface area contributed by atoms with Gasteiger partial charge >= 0.3 is 6.09 Å². The number of hydrogen-bond acceptors (Lipinski definition) is 8. The largest absolute Gasteiger partial charge is 0.492 e. The summed E-state index contributed by atoms with van der Waals surface area (Å²) in [6, 6.07) is 14.2. The smallest absolute Gasteiger partial charge is 0.411 e. The van der Waals surface area contributed by atoms with E-state index >= 15 is 0 Å². The van der Waals surface area contributed by atoms with Gasteiger partial charge in [-0.15, -0.1) is 0 Å². The maximum Gasteiger partial charge on any atom is 0.411 e. The van der Waals surface area contributed by atoms with E-state index in [-0.39, 0.29) is 28.5 Å². The van der Waals surface area contributed by atoms with Crippen molar-refractivity contribution in [2.24, 2.45) is 0 Å². The molecule has 1 saturated heterocycles. The first-order chi connectivity index (χ1) is 20.5. The van der Waals surface area contributed by atoms with Crippen molar-refractivity contribution in [3.05, 3.63) is 59.7 Å². The van der Waals surface area contributed by atoms with Gasteiger partial charge in [-0.1, -0.05) is 45.0 Å². The van der Waals surface area contributed by atoms with Gasteiger partial charge in [0.15, 0.2) is 5.75 Å². The lowest BCUT2D eigenvalue weighted by Crippen LogP contribution is -2.38. The Bertz CT molecular complexity index is 1470. The molecule has 1 fully saturated rings. The normalized spacial score (nSPS) is 13.9. The molecular weight excluding hydrogens is 550 g/mol. The predicted molar refractivity (Wildman–Crippen MR) is 167 cm³/mol. The monoisotopic (exact) mass is 591 g/mol. The van der Waals surface area contributed by atoms with E-state index in [2.05, 4.69) is 15.5 Å². The number of fused-ring (bicyclic) bond motifs is 1. The minimum atomic E-state index is -0.841. The molecule has 0 unspecified atom stereocenters. The Labute approximate surface area is 252 Å². The van der Waals surface area contributed by atoms with Crippen LogP contribution in [-0.2, 0) is 19.7 Å². The number of nitrogens with zero attached hydrogens (tertiary/aromatic N) is 1. The van der Waals surface area contributed by atoms with E-state index in [1.54, 1.807) is 44.2 Å². The molecule has 0 radical (unpaired) electrons. The number of benzene rings is 3. The van der Waals surface area contributed by atoms with Gasteiger partial charge in [0.05, 0.1) is 37.8 Å². The third-order valence-corrected chi connectivity index (χ3v) is 7.09. The third-order valence-electron chi connectivity index (χ3n) is 7.09. The van der Waals surface area contributed by atoms with Gasteiger partial charge in [0.2, 0.25) is 0 Å². The fourth-order valence-corrected chi connectivity index (χ4v) is 4.83.